The number of carbonyl (C=O) groups is 1. The molecule has 1 amide bonds. The van der Waals surface area contributed by atoms with Crippen molar-refractivity contribution in [2.24, 2.45) is 0 Å². The molecule has 2 unspecified atom stereocenters. The van der Waals surface area contributed by atoms with Crippen LogP contribution in [0, 0.1) is 0 Å². The van der Waals surface area contributed by atoms with Crippen LogP contribution in [-0.2, 0) is 4.79 Å². The summed E-state index contributed by atoms with van der Waals surface area (Å²) in [6, 6.07) is 15.1. The lowest BCUT2D eigenvalue weighted by Gasteiger charge is -2.19. The monoisotopic (exact) mass is 305 g/mol. The number of benzene rings is 2. The van der Waals surface area contributed by atoms with Crippen molar-refractivity contribution in [3.63, 3.8) is 0 Å². The van der Waals surface area contributed by atoms with Crippen molar-refractivity contribution in [1.29, 1.82) is 0 Å². The molecule has 1 saturated heterocycles. The van der Waals surface area contributed by atoms with E-state index in [9.17, 15) is 4.79 Å². The number of amides is 1. The van der Waals surface area contributed by atoms with Gasteiger partial charge in [0, 0.05) is 22.5 Å². The van der Waals surface area contributed by atoms with Crippen molar-refractivity contribution in [1.82, 2.24) is 5.32 Å². The fourth-order valence-electron chi connectivity index (χ4n) is 2.77. The Morgan fingerprint density at radius 3 is 2.05 bits per heavy atom. The van der Waals surface area contributed by atoms with E-state index in [1.807, 2.05) is 48.5 Å². The van der Waals surface area contributed by atoms with E-state index in [0.29, 0.717) is 16.6 Å². The van der Waals surface area contributed by atoms with Gasteiger partial charge in [-0.1, -0.05) is 59.6 Å². The van der Waals surface area contributed by atoms with Crippen molar-refractivity contribution in [3.8, 4) is 0 Å². The van der Waals surface area contributed by atoms with Gasteiger partial charge in [0.05, 0.1) is 5.92 Å². The van der Waals surface area contributed by atoms with Crippen LogP contribution in [0.5, 0.6) is 0 Å². The number of hydrogen-bond donors (Lipinski definition) is 1. The SMILES string of the molecule is O=C1NCC(c2ccccc2Cl)C1c1ccccc1Cl. The highest BCUT2D eigenvalue weighted by Crippen LogP contribution is 2.41. The lowest BCUT2D eigenvalue weighted by molar-refractivity contribution is -0.120. The quantitative estimate of drug-likeness (QED) is 0.893. The van der Waals surface area contributed by atoms with E-state index in [0.717, 1.165) is 11.1 Å². The maximum Gasteiger partial charge on any atom is 0.228 e. The molecule has 1 aliphatic rings. The zero-order chi connectivity index (χ0) is 14.1. The summed E-state index contributed by atoms with van der Waals surface area (Å²) in [5.74, 6) is -0.275. The van der Waals surface area contributed by atoms with Crippen LogP contribution < -0.4 is 5.32 Å². The van der Waals surface area contributed by atoms with Crippen molar-refractivity contribution in [3.05, 3.63) is 69.7 Å². The van der Waals surface area contributed by atoms with Gasteiger partial charge < -0.3 is 5.32 Å². The highest BCUT2D eigenvalue weighted by Gasteiger charge is 2.38. The van der Waals surface area contributed by atoms with E-state index in [1.54, 1.807) is 0 Å². The molecule has 0 spiro atoms. The minimum Gasteiger partial charge on any atom is -0.355 e. The van der Waals surface area contributed by atoms with E-state index in [1.165, 1.54) is 0 Å². The van der Waals surface area contributed by atoms with Crippen molar-refractivity contribution >= 4 is 29.1 Å². The molecule has 2 aromatic rings. The first-order chi connectivity index (χ1) is 9.68. The van der Waals surface area contributed by atoms with Gasteiger partial charge in [-0.2, -0.15) is 0 Å². The van der Waals surface area contributed by atoms with Gasteiger partial charge in [-0.25, -0.2) is 0 Å². The van der Waals surface area contributed by atoms with E-state index >= 15 is 0 Å². The van der Waals surface area contributed by atoms with Crippen LogP contribution in [0.2, 0.25) is 10.0 Å². The van der Waals surface area contributed by atoms with Gasteiger partial charge in [-0.15, -0.1) is 0 Å². The second-order valence-electron chi connectivity index (χ2n) is 4.87. The zero-order valence-electron chi connectivity index (χ0n) is 10.6. The Hall–Kier alpha value is -1.51. The number of nitrogens with one attached hydrogen (secondary N) is 1. The molecular weight excluding hydrogens is 293 g/mol. The first kappa shape index (κ1) is 13.5. The Morgan fingerprint density at radius 1 is 0.900 bits per heavy atom. The Kier molecular flexibility index (Phi) is 3.68. The molecule has 0 aliphatic carbocycles. The van der Waals surface area contributed by atoms with Gasteiger partial charge in [0.25, 0.3) is 0 Å². The smallest absolute Gasteiger partial charge is 0.228 e. The third-order valence-corrected chi connectivity index (χ3v) is 4.41. The standard InChI is InChI=1S/C16H13Cl2NO/c17-13-7-3-1-5-10(13)12-9-19-16(20)15(12)11-6-2-4-8-14(11)18/h1-8,12,15H,9H2,(H,19,20). The fourth-order valence-corrected chi connectivity index (χ4v) is 3.30. The number of rotatable bonds is 2. The maximum absolute atomic E-state index is 12.2. The van der Waals surface area contributed by atoms with E-state index in [2.05, 4.69) is 5.32 Å². The molecule has 1 aliphatic heterocycles. The van der Waals surface area contributed by atoms with E-state index in [-0.39, 0.29) is 17.7 Å². The average Bonchev–Trinajstić information content (AvgIpc) is 2.82. The lowest BCUT2D eigenvalue weighted by Crippen LogP contribution is -2.18. The van der Waals surface area contributed by atoms with Crippen LogP contribution in [-0.4, -0.2) is 12.5 Å². The number of hydrogen-bond acceptors (Lipinski definition) is 1. The third kappa shape index (κ3) is 2.30. The summed E-state index contributed by atoms with van der Waals surface area (Å²) >= 11 is 12.5. The second kappa shape index (κ2) is 5.47. The molecule has 3 rings (SSSR count). The van der Waals surface area contributed by atoms with Gasteiger partial charge in [0.2, 0.25) is 5.91 Å². The Bertz CT molecular complexity index is 656. The van der Waals surface area contributed by atoms with Crippen LogP contribution in [0.4, 0.5) is 0 Å². The molecule has 20 heavy (non-hydrogen) atoms. The molecule has 4 heteroatoms. The van der Waals surface area contributed by atoms with Crippen LogP contribution in [0.1, 0.15) is 23.0 Å². The normalized spacial score (nSPS) is 21.8. The molecule has 0 radical (unpaired) electrons. The summed E-state index contributed by atoms with van der Waals surface area (Å²) in [7, 11) is 0. The molecular formula is C16H13Cl2NO. The largest absolute Gasteiger partial charge is 0.355 e. The van der Waals surface area contributed by atoms with Gasteiger partial charge in [0.1, 0.15) is 0 Å². The Labute approximate surface area is 127 Å². The molecule has 0 saturated carbocycles. The fraction of sp³-hybridized carbons (Fsp3) is 0.188. The Morgan fingerprint density at radius 2 is 1.45 bits per heavy atom. The van der Waals surface area contributed by atoms with E-state index in [4.69, 9.17) is 23.2 Å². The highest BCUT2D eigenvalue weighted by atomic mass is 35.5. The molecule has 2 aromatic carbocycles. The van der Waals surface area contributed by atoms with Crippen LogP contribution in [0.15, 0.2) is 48.5 Å². The second-order valence-corrected chi connectivity index (χ2v) is 5.69. The van der Waals surface area contributed by atoms with Crippen LogP contribution in [0.3, 0.4) is 0 Å². The molecule has 1 N–H and O–H groups in total. The number of carbonyl (C=O) groups excluding carboxylic acids is 1. The Balaban J connectivity index is 2.06. The first-order valence-corrected chi connectivity index (χ1v) is 7.20. The molecule has 102 valence electrons. The summed E-state index contributed by atoms with van der Waals surface area (Å²) in [5, 5.41) is 4.22. The maximum atomic E-state index is 12.2. The average molecular weight is 306 g/mol. The predicted molar refractivity (Wildman–Crippen MR) is 81.4 cm³/mol. The third-order valence-electron chi connectivity index (χ3n) is 3.73. The lowest BCUT2D eigenvalue weighted by atomic mass is 9.83. The minimum atomic E-state index is -0.288. The predicted octanol–water partition coefficient (Wildman–Crippen LogP) is 3.99. The zero-order valence-corrected chi connectivity index (χ0v) is 12.2. The summed E-state index contributed by atoms with van der Waals surface area (Å²) < 4.78 is 0. The molecule has 1 fully saturated rings. The summed E-state index contributed by atoms with van der Waals surface area (Å²) in [6.45, 7) is 0.582. The van der Waals surface area contributed by atoms with Crippen molar-refractivity contribution in [2.75, 3.05) is 6.54 Å². The minimum absolute atomic E-state index is 0.00280. The van der Waals surface area contributed by atoms with Crippen LogP contribution in [0.25, 0.3) is 0 Å². The highest BCUT2D eigenvalue weighted by molar-refractivity contribution is 6.32. The summed E-state index contributed by atoms with van der Waals surface area (Å²) in [4.78, 5) is 12.2. The summed E-state index contributed by atoms with van der Waals surface area (Å²) in [5.41, 5.74) is 1.84. The van der Waals surface area contributed by atoms with Crippen molar-refractivity contribution < 1.29 is 4.79 Å². The van der Waals surface area contributed by atoms with Gasteiger partial charge in [-0.05, 0) is 23.3 Å². The van der Waals surface area contributed by atoms with Crippen LogP contribution >= 0.6 is 23.2 Å². The molecule has 0 aromatic heterocycles. The molecule has 0 bridgehead atoms. The summed E-state index contributed by atoms with van der Waals surface area (Å²) in [6.07, 6.45) is 0. The van der Waals surface area contributed by atoms with Crippen molar-refractivity contribution in [2.45, 2.75) is 11.8 Å². The van der Waals surface area contributed by atoms with Gasteiger partial charge in [0.15, 0.2) is 0 Å². The van der Waals surface area contributed by atoms with Gasteiger partial charge >= 0.3 is 0 Å². The topological polar surface area (TPSA) is 29.1 Å². The number of halogens is 2. The van der Waals surface area contributed by atoms with Gasteiger partial charge in [-0.3, -0.25) is 4.79 Å². The molecule has 2 atom stereocenters. The molecule has 1 heterocycles. The molecule has 2 nitrogen and oxygen atoms in total. The van der Waals surface area contributed by atoms with E-state index < -0.39 is 0 Å². The first-order valence-electron chi connectivity index (χ1n) is 6.45.